The molecule has 132 valence electrons. The second-order valence-corrected chi connectivity index (χ2v) is 6.59. The quantitative estimate of drug-likeness (QED) is 0.624. The molecule has 0 fully saturated rings. The van der Waals surface area contributed by atoms with Crippen molar-refractivity contribution in [3.8, 4) is 5.69 Å². The van der Waals surface area contributed by atoms with Crippen molar-refractivity contribution in [2.75, 3.05) is 20.3 Å². The number of halogens is 2. The Kier molecular flexibility index (Phi) is 7.40. The standard InChI is InChI=1S/C18H25Cl2N3O/c1-4-5-10-22-13-14(2)23(18(22)21-9-6-11-24-3)15-7-8-16(19)17(20)12-15/h7-8,12-13H,4-6,9-11H2,1-3H3. The first-order valence-corrected chi connectivity index (χ1v) is 9.07. The van der Waals surface area contributed by atoms with Crippen LogP contribution in [-0.4, -0.2) is 29.4 Å². The van der Waals surface area contributed by atoms with Gasteiger partial charge in [0.2, 0.25) is 5.62 Å². The molecular weight excluding hydrogens is 345 g/mol. The average molecular weight is 370 g/mol. The smallest absolute Gasteiger partial charge is 0.209 e. The molecule has 0 radical (unpaired) electrons. The lowest BCUT2D eigenvalue weighted by atomic mass is 10.3. The third-order valence-electron chi connectivity index (χ3n) is 3.83. The lowest BCUT2D eigenvalue weighted by Crippen LogP contribution is -2.26. The number of rotatable bonds is 8. The zero-order valence-corrected chi connectivity index (χ0v) is 16.1. The second-order valence-electron chi connectivity index (χ2n) is 5.78. The minimum Gasteiger partial charge on any atom is -0.385 e. The van der Waals surface area contributed by atoms with Crippen LogP contribution in [0.3, 0.4) is 0 Å². The van der Waals surface area contributed by atoms with Gasteiger partial charge >= 0.3 is 0 Å². The molecule has 4 nitrogen and oxygen atoms in total. The van der Waals surface area contributed by atoms with Gasteiger partial charge in [-0.05, 0) is 38.0 Å². The molecule has 2 rings (SSSR count). The highest BCUT2D eigenvalue weighted by Crippen LogP contribution is 2.24. The van der Waals surface area contributed by atoms with Crippen LogP contribution in [0.4, 0.5) is 0 Å². The minimum atomic E-state index is 0.549. The summed E-state index contributed by atoms with van der Waals surface area (Å²) in [4.78, 5) is 4.82. The van der Waals surface area contributed by atoms with Gasteiger partial charge in [-0.25, -0.2) is 0 Å². The highest BCUT2D eigenvalue weighted by atomic mass is 35.5. The predicted molar refractivity (Wildman–Crippen MR) is 100 cm³/mol. The van der Waals surface area contributed by atoms with Gasteiger partial charge in [-0.15, -0.1) is 0 Å². The van der Waals surface area contributed by atoms with Gasteiger partial charge in [0.1, 0.15) is 0 Å². The van der Waals surface area contributed by atoms with E-state index < -0.39 is 0 Å². The van der Waals surface area contributed by atoms with Gasteiger partial charge in [-0.3, -0.25) is 9.56 Å². The Morgan fingerprint density at radius 1 is 1.17 bits per heavy atom. The van der Waals surface area contributed by atoms with E-state index in [0.717, 1.165) is 49.4 Å². The molecule has 6 heteroatoms. The minimum absolute atomic E-state index is 0.549. The van der Waals surface area contributed by atoms with Crippen molar-refractivity contribution in [1.82, 2.24) is 9.13 Å². The molecule has 24 heavy (non-hydrogen) atoms. The van der Waals surface area contributed by atoms with E-state index >= 15 is 0 Å². The third-order valence-corrected chi connectivity index (χ3v) is 4.57. The number of methoxy groups -OCH3 is 1. The van der Waals surface area contributed by atoms with E-state index in [0.29, 0.717) is 16.7 Å². The molecule has 0 aliphatic rings. The number of benzene rings is 1. The molecule has 0 aliphatic heterocycles. The van der Waals surface area contributed by atoms with Crippen LogP contribution < -0.4 is 5.62 Å². The van der Waals surface area contributed by atoms with Crippen molar-refractivity contribution in [1.29, 1.82) is 0 Å². The van der Waals surface area contributed by atoms with E-state index in [1.165, 1.54) is 0 Å². The molecule has 0 aliphatic carbocycles. The first-order valence-electron chi connectivity index (χ1n) is 8.32. The van der Waals surface area contributed by atoms with Crippen LogP contribution in [0.5, 0.6) is 0 Å². The number of aromatic nitrogens is 2. The molecule has 0 spiro atoms. The highest BCUT2D eigenvalue weighted by molar-refractivity contribution is 6.42. The van der Waals surface area contributed by atoms with E-state index in [1.807, 2.05) is 18.2 Å². The van der Waals surface area contributed by atoms with E-state index in [2.05, 4.69) is 29.2 Å². The maximum atomic E-state index is 6.21. The Hall–Kier alpha value is -1.23. The zero-order valence-electron chi connectivity index (χ0n) is 14.6. The maximum Gasteiger partial charge on any atom is 0.209 e. The van der Waals surface area contributed by atoms with Crippen LogP contribution in [0.2, 0.25) is 10.0 Å². The Morgan fingerprint density at radius 2 is 1.96 bits per heavy atom. The van der Waals surface area contributed by atoms with Crippen LogP contribution in [0, 0.1) is 6.92 Å². The SMILES string of the molecule is CCCCn1cc(C)n(-c2ccc(Cl)c(Cl)c2)c1=NCCCOC. The van der Waals surface area contributed by atoms with Gasteiger partial charge in [0.05, 0.1) is 15.7 Å². The van der Waals surface area contributed by atoms with Gasteiger partial charge < -0.3 is 9.30 Å². The van der Waals surface area contributed by atoms with Crippen LogP contribution in [0.25, 0.3) is 5.69 Å². The van der Waals surface area contributed by atoms with Gasteiger partial charge in [0.15, 0.2) is 0 Å². The topological polar surface area (TPSA) is 31.4 Å². The second kappa shape index (κ2) is 9.30. The fraction of sp³-hybridized carbons (Fsp3) is 0.500. The third kappa shape index (κ3) is 4.65. The van der Waals surface area contributed by atoms with Crippen molar-refractivity contribution in [2.45, 2.75) is 39.7 Å². The number of aryl methyl sites for hydroxylation is 2. The molecule has 0 N–H and O–H groups in total. The Morgan fingerprint density at radius 3 is 2.62 bits per heavy atom. The number of hydrogen-bond donors (Lipinski definition) is 0. The van der Waals surface area contributed by atoms with Crippen LogP contribution in [-0.2, 0) is 11.3 Å². The zero-order chi connectivity index (χ0) is 17.5. The van der Waals surface area contributed by atoms with Crippen molar-refractivity contribution < 1.29 is 4.74 Å². The summed E-state index contributed by atoms with van der Waals surface area (Å²) in [5.41, 5.74) is 3.04. The van der Waals surface area contributed by atoms with E-state index in [1.54, 1.807) is 7.11 Å². The summed E-state index contributed by atoms with van der Waals surface area (Å²) in [6, 6.07) is 5.68. The molecular formula is C18H25Cl2N3O. The molecule has 1 aromatic heterocycles. The lowest BCUT2D eigenvalue weighted by Gasteiger charge is -2.08. The predicted octanol–water partition coefficient (Wildman–Crippen LogP) is 4.63. The van der Waals surface area contributed by atoms with E-state index in [9.17, 15) is 0 Å². The van der Waals surface area contributed by atoms with Crippen LogP contribution >= 0.6 is 23.2 Å². The van der Waals surface area contributed by atoms with Crippen molar-refractivity contribution in [2.24, 2.45) is 4.99 Å². The number of ether oxygens (including phenoxy) is 1. The number of unbranched alkanes of at least 4 members (excludes halogenated alkanes) is 1. The Balaban J connectivity index is 2.48. The molecule has 0 amide bonds. The van der Waals surface area contributed by atoms with Gasteiger partial charge in [-0.1, -0.05) is 36.5 Å². The summed E-state index contributed by atoms with van der Waals surface area (Å²) in [6.07, 6.45) is 5.31. The Labute approximate surface area is 153 Å². The van der Waals surface area contributed by atoms with Crippen LogP contribution in [0.15, 0.2) is 29.4 Å². The normalized spacial score (nSPS) is 12.1. The van der Waals surface area contributed by atoms with Gasteiger partial charge in [0, 0.05) is 38.7 Å². The monoisotopic (exact) mass is 369 g/mol. The summed E-state index contributed by atoms with van der Waals surface area (Å²) >= 11 is 12.3. The van der Waals surface area contributed by atoms with E-state index in [-0.39, 0.29) is 0 Å². The molecule has 1 heterocycles. The number of hydrogen-bond acceptors (Lipinski definition) is 2. The lowest BCUT2D eigenvalue weighted by molar-refractivity contribution is 0.196. The molecule has 2 aromatic rings. The largest absolute Gasteiger partial charge is 0.385 e. The summed E-state index contributed by atoms with van der Waals surface area (Å²) < 4.78 is 9.46. The first kappa shape index (κ1) is 19.1. The first-order chi connectivity index (χ1) is 11.6. The fourth-order valence-electron chi connectivity index (χ4n) is 2.61. The molecule has 0 bridgehead atoms. The molecule has 0 saturated carbocycles. The summed E-state index contributed by atoms with van der Waals surface area (Å²) in [7, 11) is 1.71. The van der Waals surface area contributed by atoms with Crippen molar-refractivity contribution >= 4 is 23.2 Å². The highest BCUT2D eigenvalue weighted by Gasteiger charge is 2.10. The molecule has 1 aromatic carbocycles. The summed E-state index contributed by atoms with van der Waals surface area (Å²) in [5.74, 6) is 0. The van der Waals surface area contributed by atoms with Crippen molar-refractivity contribution in [3.05, 3.63) is 45.8 Å². The van der Waals surface area contributed by atoms with Crippen molar-refractivity contribution in [3.63, 3.8) is 0 Å². The summed E-state index contributed by atoms with van der Waals surface area (Å²) in [5, 5.41) is 1.11. The average Bonchev–Trinajstić information content (AvgIpc) is 2.88. The van der Waals surface area contributed by atoms with E-state index in [4.69, 9.17) is 32.9 Å². The molecule has 0 atom stereocenters. The number of imidazole rings is 1. The van der Waals surface area contributed by atoms with Crippen LogP contribution in [0.1, 0.15) is 31.9 Å². The van der Waals surface area contributed by atoms with Gasteiger partial charge in [0.25, 0.3) is 0 Å². The number of nitrogens with zero attached hydrogens (tertiary/aromatic N) is 3. The summed E-state index contributed by atoms with van der Waals surface area (Å²) in [6.45, 7) is 6.67. The fourth-order valence-corrected chi connectivity index (χ4v) is 2.91. The molecule has 0 saturated heterocycles. The van der Waals surface area contributed by atoms with Gasteiger partial charge in [-0.2, -0.15) is 0 Å². The maximum absolute atomic E-state index is 6.21. The molecule has 0 unspecified atom stereocenters. The Bertz CT molecular complexity index is 734.